The second-order valence-corrected chi connectivity index (χ2v) is 7.34. The van der Waals surface area contributed by atoms with Crippen molar-refractivity contribution >= 4 is 29.2 Å². The molecule has 0 spiro atoms. The summed E-state index contributed by atoms with van der Waals surface area (Å²) >= 11 is 0. The maximum Gasteiger partial charge on any atom is 0.344 e. The lowest BCUT2D eigenvalue weighted by atomic mass is 9.98. The number of ether oxygens (including phenoxy) is 2. The fourth-order valence-corrected chi connectivity index (χ4v) is 2.90. The Bertz CT molecular complexity index is 906. The molecule has 7 heteroatoms. The third-order valence-electron chi connectivity index (χ3n) is 4.37. The van der Waals surface area contributed by atoms with Gasteiger partial charge in [-0.1, -0.05) is 19.9 Å². The van der Waals surface area contributed by atoms with E-state index in [0.29, 0.717) is 23.0 Å². The minimum absolute atomic E-state index is 0.180. The van der Waals surface area contributed by atoms with E-state index in [1.54, 1.807) is 24.3 Å². The summed E-state index contributed by atoms with van der Waals surface area (Å²) in [6.45, 7) is 8.84. The van der Waals surface area contributed by atoms with Gasteiger partial charge in [0.15, 0.2) is 12.7 Å². The van der Waals surface area contributed by atoms with E-state index in [2.05, 4.69) is 24.5 Å². The first-order valence-electron chi connectivity index (χ1n) is 9.77. The van der Waals surface area contributed by atoms with E-state index < -0.39 is 18.0 Å². The molecule has 7 nitrogen and oxygen atoms in total. The van der Waals surface area contributed by atoms with Crippen LogP contribution in [-0.2, 0) is 19.1 Å². The zero-order valence-electron chi connectivity index (χ0n) is 17.9. The van der Waals surface area contributed by atoms with Crippen LogP contribution in [-0.4, -0.2) is 30.5 Å². The van der Waals surface area contributed by atoms with E-state index in [-0.39, 0.29) is 12.5 Å². The molecule has 160 valence electrons. The molecule has 0 saturated heterocycles. The molecule has 0 aliphatic rings. The van der Waals surface area contributed by atoms with Gasteiger partial charge in [0, 0.05) is 18.3 Å². The first kappa shape index (κ1) is 22.9. The molecule has 0 saturated carbocycles. The van der Waals surface area contributed by atoms with Crippen LogP contribution in [0.25, 0.3) is 0 Å². The number of benzene rings is 2. The Hall–Kier alpha value is -3.35. The van der Waals surface area contributed by atoms with E-state index in [4.69, 9.17) is 9.47 Å². The molecule has 0 aliphatic carbocycles. The standard InChI is InChI=1S/C23H28N2O5/c1-14(2)21-11-10-20(12-15(21)3)29-13-22(27)30-16(4)23(28)25-19-8-6-18(7-9-19)24-17(5)26/h6-12,14,16H,13H2,1-5H3,(H,24,26)(H,25,28)/t16-/m1/s1. The van der Waals surface area contributed by atoms with Gasteiger partial charge in [-0.25, -0.2) is 4.79 Å². The van der Waals surface area contributed by atoms with Crippen molar-refractivity contribution in [1.82, 2.24) is 0 Å². The van der Waals surface area contributed by atoms with Crippen molar-refractivity contribution < 1.29 is 23.9 Å². The predicted octanol–water partition coefficient (Wildman–Crippen LogP) is 4.03. The predicted molar refractivity (Wildman–Crippen MR) is 116 cm³/mol. The first-order valence-corrected chi connectivity index (χ1v) is 9.77. The quantitative estimate of drug-likeness (QED) is 0.639. The molecule has 2 rings (SSSR count). The summed E-state index contributed by atoms with van der Waals surface area (Å²) in [6.07, 6.45) is -0.985. The number of hydrogen-bond donors (Lipinski definition) is 2. The largest absolute Gasteiger partial charge is 0.482 e. The third-order valence-corrected chi connectivity index (χ3v) is 4.37. The van der Waals surface area contributed by atoms with E-state index in [0.717, 1.165) is 5.56 Å². The highest BCUT2D eigenvalue weighted by Crippen LogP contribution is 2.23. The number of hydrogen-bond acceptors (Lipinski definition) is 5. The summed E-state index contributed by atoms with van der Waals surface area (Å²) in [5.41, 5.74) is 3.45. The van der Waals surface area contributed by atoms with E-state index in [1.165, 1.54) is 19.4 Å². The van der Waals surface area contributed by atoms with Crippen LogP contribution in [0.3, 0.4) is 0 Å². The molecular weight excluding hydrogens is 384 g/mol. The summed E-state index contributed by atoms with van der Waals surface area (Å²) < 4.78 is 10.6. The highest BCUT2D eigenvalue weighted by Gasteiger charge is 2.18. The fraction of sp³-hybridized carbons (Fsp3) is 0.348. The molecule has 1 atom stereocenters. The minimum atomic E-state index is -0.985. The molecule has 0 radical (unpaired) electrons. The van der Waals surface area contributed by atoms with Gasteiger partial charge in [-0.15, -0.1) is 0 Å². The van der Waals surface area contributed by atoms with Crippen LogP contribution < -0.4 is 15.4 Å². The zero-order valence-corrected chi connectivity index (χ0v) is 17.9. The van der Waals surface area contributed by atoms with Gasteiger partial charge in [0.1, 0.15) is 5.75 Å². The highest BCUT2D eigenvalue weighted by molar-refractivity contribution is 5.95. The second kappa shape index (κ2) is 10.4. The van der Waals surface area contributed by atoms with Crippen molar-refractivity contribution in [1.29, 1.82) is 0 Å². The summed E-state index contributed by atoms with van der Waals surface area (Å²) in [4.78, 5) is 35.3. The normalized spacial score (nSPS) is 11.5. The average Bonchev–Trinajstić information content (AvgIpc) is 2.67. The monoisotopic (exact) mass is 412 g/mol. The zero-order chi connectivity index (χ0) is 22.3. The Balaban J connectivity index is 1.82. The molecule has 0 heterocycles. The molecule has 30 heavy (non-hydrogen) atoms. The number of aryl methyl sites for hydroxylation is 1. The van der Waals surface area contributed by atoms with Crippen molar-refractivity contribution in [3.63, 3.8) is 0 Å². The first-order chi connectivity index (χ1) is 14.2. The van der Waals surface area contributed by atoms with E-state index >= 15 is 0 Å². The molecule has 0 unspecified atom stereocenters. The van der Waals surface area contributed by atoms with Gasteiger partial charge in [-0.05, 0) is 67.3 Å². The van der Waals surface area contributed by atoms with Gasteiger partial charge in [-0.2, -0.15) is 0 Å². The maximum absolute atomic E-state index is 12.2. The Morgan fingerprint density at radius 2 is 1.53 bits per heavy atom. The third kappa shape index (κ3) is 6.92. The SMILES string of the molecule is CC(=O)Nc1ccc(NC(=O)[C@@H](C)OC(=O)COc2ccc(C(C)C)c(C)c2)cc1. The smallest absolute Gasteiger partial charge is 0.344 e. The maximum atomic E-state index is 12.2. The number of rotatable bonds is 8. The van der Waals surface area contributed by atoms with Gasteiger partial charge < -0.3 is 20.1 Å². The van der Waals surface area contributed by atoms with Crippen LogP contribution >= 0.6 is 0 Å². The molecule has 2 N–H and O–H groups in total. The van der Waals surface area contributed by atoms with Crippen molar-refractivity contribution in [2.45, 2.75) is 46.6 Å². The van der Waals surface area contributed by atoms with Crippen molar-refractivity contribution in [2.24, 2.45) is 0 Å². The van der Waals surface area contributed by atoms with Gasteiger partial charge in [0.05, 0.1) is 0 Å². The lowest BCUT2D eigenvalue weighted by Crippen LogP contribution is -2.31. The van der Waals surface area contributed by atoms with Crippen molar-refractivity contribution in [2.75, 3.05) is 17.2 Å². The number of nitrogens with one attached hydrogen (secondary N) is 2. The number of carbonyl (C=O) groups is 3. The molecule has 0 aliphatic heterocycles. The van der Waals surface area contributed by atoms with Crippen LogP contribution in [0.1, 0.15) is 44.7 Å². The lowest BCUT2D eigenvalue weighted by Gasteiger charge is -2.15. The summed E-state index contributed by atoms with van der Waals surface area (Å²) in [5.74, 6) is -0.298. The number of carbonyl (C=O) groups excluding carboxylic acids is 3. The van der Waals surface area contributed by atoms with Crippen LogP contribution in [0, 0.1) is 6.92 Å². The van der Waals surface area contributed by atoms with Crippen molar-refractivity contribution in [3.05, 3.63) is 53.6 Å². The Labute approximate surface area is 176 Å². The van der Waals surface area contributed by atoms with E-state index in [9.17, 15) is 14.4 Å². The molecule has 0 aromatic heterocycles. The van der Waals surface area contributed by atoms with Crippen LogP contribution in [0.15, 0.2) is 42.5 Å². The van der Waals surface area contributed by atoms with E-state index in [1.807, 2.05) is 25.1 Å². The Morgan fingerprint density at radius 3 is 2.07 bits per heavy atom. The van der Waals surface area contributed by atoms with Crippen molar-refractivity contribution in [3.8, 4) is 5.75 Å². The number of anilines is 2. The Morgan fingerprint density at radius 1 is 0.933 bits per heavy atom. The fourth-order valence-electron chi connectivity index (χ4n) is 2.90. The summed E-state index contributed by atoms with van der Waals surface area (Å²) in [5, 5.41) is 5.29. The molecular formula is C23H28N2O5. The molecule has 2 aromatic carbocycles. The molecule has 0 fully saturated rings. The highest BCUT2D eigenvalue weighted by atomic mass is 16.6. The van der Waals surface area contributed by atoms with Crippen LogP contribution in [0.2, 0.25) is 0 Å². The van der Waals surface area contributed by atoms with Crippen LogP contribution in [0.5, 0.6) is 5.75 Å². The Kier molecular flexibility index (Phi) is 7.98. The second-order valence-electron chi connectivity index (χ2n) is 7.34. The molecule has 0 bridgehead atoms. The summed E-state index contributed by atoms with van der Waals surface area (Å²) in [7, 11) is 0. The minimum Gasteiger partial charge on any atom is -0.482 e. The summed E-state index contributed by atoms with van der Waals surface area (Å²) in [6, 6.07) is 12.3. The number of esters is 1. The van der Waals surface area contributed by atoms with Gasteiger partial charge in [0.2, 0.25) is 5.91 Å². The molecule has 2 aromatic rings. The number of amides is 2. The van der Waals surface area contributed by atoms with Gasteiger partial charge in [0.25, 0.3) is 5.91 Å². The lowest BCUT2D eigenvalue weighted by molar-refractivity contribution is -0.155. The molecule has 2 amide bonds. The topological polar surface area (TPSA) is 93.7 Å². The van der Waals surface area contributed by atoms with Gasteiger partial charge in [-0.3, -0.25) is 9.59 Å². The average molecular weight is 412 g/mol. The van der Waals surface area contributed by atoms with Gasteiger partial charge >= 0.3 is 5.97 Å². The van der Waals surface area contributed by atoms with Crippen LogP contribution in [0.4, 0.5) is 11.4 Å².